The largest absolute Gasteiger partial charge is 0.355 e. The van der Waals surface area contributed by atoms with Crippen LogP contribution in [0.5, 0.6) is 0 Å². The molecule has 1 aromatic carbocycles. The molecule has 0 aliphatic carbocycles. The molecule has 0 aliphatic heterocycles. The number of amides is 1. The van der Waals surface area contributed by atoms with E-state index >= 15 is 0 Å². The molecule has 0 saturated carbocycles. The fourth-order valence-electron chi connectivity index (χ4n) is 2.73. The molecule has 2 aromatic heterocycles. The Bertz CT molecular complexity index is 1180. The normalized spacial score (nSPS) is 11.9. The van der Waals surface area contributed by atoms with E-state index in [-0.39, 0.29) is 32.7 Å². The summed E-state index contributed by atoms with van der Waals surface area (Å²) in [6, 6.07) is 8.12. The summed E-state index contributed by atoms with van der Waals surface area (Å²) in [6.07, 6.45) is 4.18. The summed E-state index contributed by atoms with van der Waals surface area (Å²) < 4.78 is 29.7. The van der Waals surface area contributed by atoms with Crippen LogP contribution in [-0.2, 0) is 15.4 Å². The third-order valence-corrected chi connectivity index (χ3v) is 5.99. The summed E-state index contributed by atoms with van der Waals surface area (Å²) >= 11 is 6.04. The van der Waals surface area contributed by atoms with E-state index in [9.17, 15) is 13.2 Å². The lowest BCUT2D eigenvalue weighted by molar-refractivity contribution is 0.0963. The van der Waals surface area contributed by atoms with Crippen LogP contribution in [0.3, 0.4) is 0 Å². The van der Waals surface area contributed by atoms with Crippen LogP contribution >= 0.6 is 11.6 Å². The first-order valence-corrected chi connectivity index (χ1v) is 10.9. The van der Waals surface area contributed by atoms with Gasteiger partial charge in [-0.05, 0) is 29.2 Å². The predicted molar refractivity (Wildman–Crippen MR) is 116 cm³/mol. The van der Waals surface area contributed by atoms with Gasteiger partial charge in [-0.3, -0.25) is 9.52 Å². The van der Waals surface area contributed by atoms with Crippen LogP contribution < -0.4 is 10.0 Å². The van der Waals surface area contributed by atoms with Crippen LogP contribution in [0.2, 0.25) is 5.02 Å². The number of benzene rings is 1. The van der Waals surface area contributed by atoms with Crippen LogP contribution in [-0.4, -0.2) is 36.1 Å². The number of aromatic nitrogens is 3. The Balaban J connectivity index is 1.97. The fraction of sp³-hybridized carbons (Fsp3) is 0.250. The number of nitrogens with one attached hydrogen (secondary N) is 2. The van der Waals surface area contributed by atoms with Crippen LogP contribution in [0.25, 0.3) is 5.82 Å². The number of hydrogen-bond acceptors (Lipinski definition) is 5. The van der Waals surface area contributed by atoms with Crippen LogP contribution in [0.1, 0.15) is 36.7 Å². The van der Waals surface area contributed by atoms with Crippen molar-refractivity contribution in [3.05, 3.63) is 65.1 Å². The molecule has 0 radical (unpaired) electrons. The van der Waals surface area contributed by atoms with Gasteiger partial charge in [0.1, 0.15) is 0 Å². The number of carbonyl (C=O) groups excluding carboxylic acids is 1. The Morgan fingerprint density at radius 2 is 1.80 bits per heavy atom. The van der Waals surface area contributed by atoms with Crippen LogP contribution in [0.4, 0.5) is 5.69 Å². The van der Waals surface area contributed by atoms with Gasteiger partial charge in [-0.1, -0.05) is 44.5 Å². The van der Waals surface area contributed by atoms with Crippen molar-refractivity contribution in [1.29, 1.82) is 0 Å². The topological polar surface area (TPSA) is 106 Å². The van der Waals surface area contributed by atoms with Gasteiger partial charge in [0, 0.05) is 19.4 Å². The zero-order chi connectivity index (χ0) is 22.1. The van der Waals surface area contributed by atoms with Crippen molar-refractivity contribution in [2.75, 3.05) is 11.8 Å². The van der Waals surface area contributed by atoms with Gasteiger partial charge < -0.3 is 5.32 Å². The Morgan fingerprint density at radius 3 is 2.40 bits per heavy atom. The lowest BCUT2D eigenvalue weighted by atomic mass is 9.87. The second-order valence-corrected chi connectivity index (χ2v) is 9.78. The molecule has 2 N–H and O–H groups in total. The first-order valence-electron chi connectivity index (χ1n) is 9.07. The average Bonchev–Trinajstić information content (AvgIpc) is 3.16. The molecule has 0 saturated heterocycles. The van der Waals surface area contributed by atoms with Gasteiger partial charge in [-0.2, -0.15) is 5.10 Å². The molecule has 0 bridgehead atoms. The smallest absolute Gasteiger partial charge is 0.262 e. The number of carbonyl (C=O) groups is 1. The van der Waals surface area contributed by atoms with E-state index in [0.29, 0.717) is 5.56 Å². The van der Waals surface area contributed by atoms with E-state index in [1.54, 1.807) is 24.3 Å². The van der Waals surface area contributed by atoms with Crippen molar-refractivity contribution in [2.45, 2.75) is 31.1 Å². The second-order valence-electron chi connectivity index (χ2n) is 7.66. The van der Waals surface area contributed by atoms with Gasteiger partial charge >= 0.3 is 0 Å². The van der Waals surface area contributed by atoms with Crippen molar-refractivity contribution in [2.24, 2.45) is 0 Å². The molecule has 0 fully saturated rings. The minimum absolute atomic E-state index is 0.0949. The molecular formula is C20H22ClN5O3S. The second kappa shape index (κ2) is 8.08. The number of halogens is 1. The highest BCUT2D eigenvalue weighted by Gasteiger charge is 2.20. The van der Waals surface area contributed by atoms with Crippen molar-refractivity contribution in [1.82, 2.24) is 20.1 Å². The van der Waals surface area contributed by atoms with Gasteiger partial charge in [0.15, 0.2) is 5.82 Å². The van der Waals surface area contributed by atoms with Gasteiger partial charge in [-0.15, -0.1) is 0 Å². The molecule has 0 aliphatic rings. The van der Waals surface area contributed by atoms with Gasteiger partial charge in [0.2, 0.25) is 0 Å². The summed E-state index contributed by atoms with van der Waals surface area (Å²) in [5, 5.41) is 6.85. The number of rotatable bonds is 5. The van der Waals surface area contributed by atoms with Crippen molar-refractivity contribution in [3.63, 3.8) is 0 Å². The molecule has 1 amide bonds. The zero-order valence-electron chi connectivity index (χ0n) is 17.0. The maximum atomic E-state index is 12.9. The number of hydrogen-bond donors (Lipinski definition) is 2. The summed E-state index contributed by atoms with van der Waals surface area (Å²) in [5.41, 5.74) is 1.36. The number of sulfonamides is 1. The fourth-order valence-corrected chi connectivity index (χ4v) is 3.94. The first kappa shape index (κ1) is 21.8. The predicted octanol–water partition coefficient (Wildman–Crippen LogP) is 3.38. The molecule has 8 nitrogen and oxygen atoms in total. The quantitative estimate of drug-likeness (QED) is 0.623. The van der Waals surface area contributed by atoms with E-state index < -0.39 is 10.0 Å². The molecule has 10 heteroatoms. The molecule has 0 atom stereocenters. The van der Waals surface area contributed by atoms with Crippen LogP contribution in [0, 0.1) is 0 Å². The summed E-state index contributed by atoms with van der Waals surface area (Å²) in [6.45, 7) is 6.15. The van der Waals surface area contributed by atoms with E-state index in [1.807, 2.05) is 0 Å². The first-order chi connectivity index (χ1) is 14.0. The van der Waals surface area contributed by atoms with E-state index in [0.717, 1.165) is 5.56 Å². The van der Waals surface area contributed by atoms with Crippen molar-refractivity contribution < 1.29 is 13.2 Å². The molecule has 0 spiro atoms. The Hall–Kier alpha value is -2.91. The summed E-state index contributed by atoms with van der Waals surface area (Å²) in [4.78, 5) is 16.1. The summed E-state index contributed by atoms with van der Waals surface area (Å²) in [7, 11) is -2.40. The molecular weight excluding hydrogens is 426 g/mol. The summed E-state index contributed by atoms with van der Waals surface area (Å²) in [5.74, 6) is -0.138. The maximum Gasteiger partial charge on any atom is 0.262 e. The monoisotopic (exact) mass is 447 g/mol. The van der Waals surface area contributed by atoms with Gasteiger partial charge in [0.05, 0.1) is 27.4 Å². The maximum absolute atomic E-state index is 12.9. The number of anilines is 1. The van der Waals surface area contributed by atoms with Crippen molar-refractivity contribution in [3.8, 4) is 5.82 Å². The third-order valence-electron chi connectivity index (χ3n) is 4.40. The third kappa shape index (κ3) is 4.63. The molecule has 3 rings (SSSR count). The number of nitrogens with zero attached hydrogens (tertiary/aromatic N) is 3. The highest BCUT2D eigenvalue weighted by molar-refractivity contribution is 7.92. The lowest BCUT2D eigenvalue weighted by Crippen LogP contribution is -2.17. The Kier molecular flexibility index (Phi) is 5.87. The van der Waals surface area contributed by atoms with Gasteiger partial charge in [0.25, 0.3) is 15.9 Å². The average molecular weight is 448 g/mol. The molecule has 3 aromatic rings. The molecule has 0 unspecified atom stereocenters. The van der Waals surface area contributed by atoms with E-state index in [2.05, 4.69) is 40.9 Å². The van der Waals surface area contributed by atoms with Crippen LogP contribution in [0.15, 0.2) is 53.8 Å². The molecule has 2 heterocycles. The molecule has 158 valence electrons. The van der Waals surface area contributed by atoms with Crippen molar-refractivity contribution >= 4 is 33.2 Å². The minimum Gasteiger partial charge on any atom is -0.355 e. The highest BCUT2D eigenvalue weighted by atomic mass is 35.5. The van der Waals surface area contributed by atoms with E-state index in [1.165, 1.54) is 36.4 Å². The minimum atomic E-state index is -3.91. The van der Waals surface area contributed by atoms with Gasteiger partial charge in [-0.25, -0.2) is 18.1 Å². The zero-order valence-corrected chi connectivity index (χ0v) is 18.5. The Morgan fingerprint density at radius 1 is 1.13 bits per heavy atom. The molecule has 30 heavy (non-hydrogen) atoms. The van der Waals surface area contributed by atoms with E-state index in [4.69, 9.17) is 11.6 Å². The highest BCUT2D eigenvalue weighted by Crippen LogP contribution is 2.27. The lowest BCUT2D eigenvalue weighted by Gasteiger charge is -2.19. The standard InChI is InChI=1S/C20H22ClN5O3S/c1-20(2,3)14-5-7-16(8-6-14)30(28,29)25-17-9-15(21)11-23-18(17)26-12-13(10-24-26)19(27)22-4/h5-12,25H,1-4H3,(H,22,27). The number of pyridine rings is 1. The Labute approximate surface area is 180 Å². The SMILES string of the molecule is CNC(=O)c1cnn(-c2ncc(Cl)cc2NS(=O)(=O)c2ccc(C(C)(C)C)cc2)c1.